The number of aliphatic hydroxyl groups excluding tert-OH is 1. The van der Waals surface area contributed by atoms with Gasteiger partial charge in [-0.1, -0.05) is 12.8 Å². The van der Waals surface area contributed by atoms with Gasteiger partial charge < -0.3 is 29.2 Å². The second-order valence-corrected chi connectivity index (χ2v) is 10.9. The van der Waals surface area contributed by atoms with Crippen LogP contribution in [-0.2, 0) is 11.2 Å². The minimum atomic E-state index is -1.03. The Kier molecular flexibility index (Phi) is 7.55. The average Bonchev–Trinajstić information content (AvgIpc) is 3.36. The maximum absolute atomic E-state index is 11.9. The molecule has 5 rings (SSSR count). The number of carboxylic acid groups (broad SMARTS) is 1. The summed E-state index contributed by atoms with van der Waals surface area (Å²) >= 11 is 1.40. The quantitative estimate of drug-likeness (QED) is 0.338. The molecule has 2 saturated carbocycles. The normalized spacial score (nSPS) is 17.6. The van der Waals surface area contributed by atoms with Gasteiger partial charge in [-0.2, -0.15) is 0 Å². The molecule has 198 valence electrons. The number of aliphatic hydroxyl groups is 1. The Morgan fingerprint density at radius 2 is 1.73 bits per heavy atom. The van der Waals surface area contributed by atoms with E-state index in [0.29, 0.717) is 39.8 Å². The summed E-state index contributed by atoms with van der Waals surface area (Å²) < 4.78 is 24.3. The highest BCUT2D eigenvalue weighted by molar-refractivity contribution is 7.19. The van der Waals surface area contributed by atoms with Crippen LogP contribution in [0.25, 0.3) is 10.2 Å². The molecule has 2 atom stereocenters. The molecule has 2 aliphatic carbocycles. The number of fused-ring (bicyclic) bond motifs is 1. The summed E-state index contributed by atoms with van der Waals surface area (Å²) in [5.41, 5.74) is 2.04. The summed E-state index contributed by atoms with van der Waals surface area (Å²) in [6.45, 7) is 1.91. The van der Waals surface area contributed by atoms with E-state index in [1.165, 1.54) is 11.3 Å². The van der Waals surface area contributed by atoms with Gasteiger partial charge in [0.1, 0.15) is 23.4 Å². The van der Waals surface area contributed by atoms with Gasteiger partial charge in [0.25, 0.3) is 0 Å². The van der Waals surface area contributed by atoms with Crippen LogP contribution in [0.5, 0.6) is 17.2 Å². The van der Waals surface area contributed by atoms with Gasteiger partial charge in [0.2, 0.25) is 0 Å². The van der Waals surface area contributed by atoms with Crippen LogP contribution in [0.3, 0.4) is 0 Å². The zero-order valence-electron chi connectivity index (χ0n) is 21.4. The summed E-state index contributed by atoms with van der Waals surface area (Å²) in [5, 5.41) is 22.0. The van der Waals surface area contributed by atoms with Gasteiger partial charge >= 0.3 is 5.97 Å². The Balaban J connectivity index is 1.50. The summed E-state index contributed by atoms with van der Waals surface area (Å²) in [6, 6.07) is 6.91. The van der Waals surface area contributed by atoms with Gasteiger partial charge in [0.15, 0.2) is 0 Å². The predicted octanol–water partition coefficient (Wildman–Crippen LogP) is 5.47. The van der Waals surface area contributed by atoms with Gasteiger partial charge in [0.05, 0.1) is 53.3 Å². The lowest BCUT2D eigenvalue weighted by Gasteiger charge is -2.27. The zero-order chi connectivity index (χ0) is 26.1. The second kappa shape index (κ2) is 10.8. The number of rotatable bonds is 11. The molecular weight excluding hydrogens is 494 g/mol. The number of aromatic nitrogens is 1. The topological polar surface area (TPSA) is 107 Å². The van der Waals surface area contributed by atoms with E-state index in [1.54, 1.807) is 26.4 Å². The third-order valence-electron chi connectivity index (χ3n) is 7.11. The molecule has 2 N–H and O–H groups in total. The predicted molar refractivity (Wildman–Crippen MR) is 140 cm³/mol. The number of carboxylic acids is 1. The lowest BCUT2D eigenvalue weighted by molar-refractivity contribution is -0.0753. The molecule has 2 fully saturated rings. The largest absolute Gasteiger partial charge is 0.496 e. The van der Waals surface area contributed by atoms with Crippen LogP contribution in [0.4, 0.5) is 0 Å². The first-order valence-electron chi connectivity index (χ1n) is 12.8. The smallest absolute Gasteiger partial charge is 0.337 e. The maximum Gasteiger partial charge on any atom is 0.337 e. The van der Waals surface area contributed by atoms with Crippen LogP contribution >= 0.6 is 11.3 Å². The van der Waals surface area contributed by atoms with Crippen molar-refractivity contribution >= 4 is 27.5 Å². The van der Waals surface area contributed by atoms with Crippen molar-refractivity contribution in [1.82, 2.24) is 4.98 Å². The van der Waals surface area contributed by atoms with Gasteiger partial charge in [-0.05, 0) is 62.4 Å². The number of methoxy groups -OCH3 is 2. The Morgan fingerprint density at radius 3 is 2.32 bits per heavy atom. The Hall–Kier alpha value is -2.88. The third kappa shape index (κ3) is 5.54. The standard InChI is InChI=1S/C28H33NO7S/c1-15-21(33-2)12-16(13-22(15)34-3)26(30)23(36-17-6-4-5-7-17)14-24-29-25-19(28(31)32)10-11-20(27(25)37-24)35-18-8-9-18/h10-13,17-18,23,26,30H,4-9,14H2,1-3H3,(H,31,32)/t23-,26+/m0/s1. The SMILES string of the molecule is COc1cc([C@@H](O)[C@H](Cc2nc3c(C(=O)O)ccc(OC4CC4)c3s2)OC2CCCC2)cc(OC)c1C. The first-order chi connectivity index (χ1) is 17.9. The monoisotopic (exact) mass is 527 g/mol. The first-order valence-corrected chi connectivity index (χ1v) is 13.6. The number of carbonyl (C=O) groups is 1. The molecule has 9 heteroatoms. The lowest BCUT2D eigenvalue weighted by atomic mass is 9.99. The highest BCUT2D eigenvalue weighted by Gasteiger charge is 2.31. The molecule has 37 heavy (non-hydrogen) atoms. The maximum atomic E-state index is 11.9. The third-order valence-corrected chi connectivity index (χ3v) is 8.21. The number of hydrogen-bond donors (Lipinski definition) is 2. The fraction of sp³-hybridized carbons (Fsp3) is 0.500. The Labute approximate surface area is 220 Å². The first kappa shape index (κ1) is 25.8. The van der Waals surface area contributed by atoms with E-state index in [4.69, 9.17) is 23.9 Å². The van der Waals surface area contributed by atoms with Crippen LogP contribution in [0.15, 0.2) is 24.3 Å². The van der Waals surface area contributed by atoms with E-state index in [2.05, 4.69) is 0 Å². The highest BCUT2D eigenvalue weighted by Crippen LogP contribution is 2.40. The molecule has 2 aromatic carbocycles. The van der Waals surface area contributed by atoms with Crippen LogP contribution in [0.1, 0.15) is 71.1 Å². The Morgan fingerprint density at radius 1 is 1.05 bits per heavy atom. The molecular formula is C28H33NO7S. The number of hydrogen-bond acceptors (Lipinski definition) is 8. The van der Waals surface area contributed by atoms with Crippen molar-refractivity contribution in [3.05, 3.63) is 46.0 Å². The number of ether oxygens (including phenoxy) is 4. The van der Waals surface area contributed by atoms with Crippen molar-refractivity contribution in [1.29, 1.82) is 0 Å². The summed E-state index contributed by atoms with van der Waals surface area (Å²) in [6.07, 6.45) is 5.13. The molecule has 0 amide bonds. The molecule has 1 aromatic heterocycles. The van der Waals surface area contributed by atoms with E-state index in [0.717, 1.165) is 48.8 Å². The minimum absolute atomic E-state index is 0.0617. The fourth-order valence-electron chi connectivity index (χ4n) is 4.92. The van der Waals surface area contributed by atoms with E-state index in [9.17, 15) is 15.0 Å². The van der Waals surface area contributed by atoms with Gasteiger partial charge in [-0.3, -0.25) is 0 Å². The average molecular weight is 528 g/mol. The van der Waals surface area contributed by atoms with Crippen molar-refractivity contribution in [3.8, 4) is 17.2 Å². The summed E-state index contributed by atoms with van der Waals surface area (Å²) in [4.78, 5) is 16.6. The van der Waals surface area contributed by atoms with Crippen LogP contribution in [-0.4, -0.2) is 53.7 Å². The van der Waals surface area contributed by atoms with Gasteiger partial charge in [-0.25, -0.2) is 9.78 Å². The lowest BCUT2D eigenvalue weighted by Crippen LogP contribution is -2.29. The van der Waals surface area contributed by atoms with E-state index >= 15 is 0 Å². The molecule has 3 aromatic rings. The van der Waals surface area contributed by atoms with Gasteiger partial charge in [0, 0.05) is 12.0 Å². The highest BCUT2D eigenvalue weighted by atomic mass is 32.1. The zero-order valence-corrected chi connectivity index (χ0v) is 22.2. The molecule has 0 spiro atoms. The van der Waals surface area contributed by atoms with Crippen LogP contribution in [0, 0.1) is 6.92 Å². The van der Waals surface area contributed by atoms with Crippen molar-refractivity contribution < 1.29 is 34.0 Å². The van der Waals surface area contributed by atoms with E-state index in [1.807, 2.05) is 19.1 Å². The summed E-state index contributed by atoms with van der Waals surface area (Å²) in [5.74, 6) is 0.882. The van der Waals surface area contributed by atoms with E-state index in [-0.39, 0.29) is 17.8 Å². The molecule has 0 bridgehead atoms. The van der Waals surface area contributed by atoms with E-state index < -0.39 is 18.2 Å². The number of aromatic carboxylic acids is 1. The van der Waals surface area contributed by atoms with Crippen molar-refractivity contribution in [2.75, 3.05) is 14.2 Å². The molecule has 0 radical (unpaired) electrons. The molecule has 1 heterocycles. The Bertz CT molecular complexity index is 1250. The summed E-state index contributed by atoms with van der Waals surface area (Å²) in [7, 11) is 3.18. The van der Waals surface area contributed by atoms with Crippen LogP contribution in [0.2, 0.25) is 0 Å². The van der Waals surface area contributed by atoms with Crippen molar-refractivity contribution in [2.45, 2.75) is 76.3 Å². The van der Waals surface area contributed by atoms with Gasteiger partial charge in [-0.15, -0.1) is 11.3 Å². The molecule has 2 aliphatic rings. The van der Waals surface area contributed by atoms with Crippen molar-refractivity contribution in [2.24, 2.45) is 0 Å². The minimum Gasteiger partial charge on any atom is -0.496 e. The second-order valence-electron chi connectivity index (χ2n) is 9.80. The molecule has 0 aliphatic heterocycles. The number of thiazole rings is 1. The molecule has 0 saturated heterocycles. The number of nitrogens with zero attached hydrogens (tertiary/aromatic N) is 1. The van der Waals surface area contributed by atoms with Crippen molar-refractivity contribution in [3.63, 3.8) is 0 Å². The number of benzene rings is 2. The molecule has 8 nitrogen and oxygen atoms in total. The fourth-order valence-corrected chi connectivity index (χ4v) is 6.00. The molecule has 0 unspecified atom stereocenters. The van der Waals surface area contributed by atoms with Crippen LogP contribution < -0.4 is 14.2 Å².